The minimum Gasteiger partial charge on any atom is -0.494 e. The lowest BCUT2D eigenvalue weighted by atomic mass is 10.1. The summed E-state index contributed by atoms with van der Waals surface area (Å²) in [4.78, 5) is 40.0. The molecule has 1 N–H and O–H groups in total. The lowest BCUT2D eigenvalue weighted by Gasteiger charge is -2.29. The summed E-state index contributed by atoms with van der Waals surface area (Å²) in [5, 5.41) is 4.55. The molecule has 0 saturated heterocycles. The number of hydrogen-bond donors (Lipinski definition) is 1. The molecule has 1 unspecified atom stereocenters. The van der Waals surface area contributed by atoms with Gasteiger partial charge in [-0.05, 0) is 61.0 Å². The van der Waals surface area contributed by atoms with Crippen molar-refractivity contribution in [1.29, 1.82) is 0 Å². The molecule has 1 atom stereocenters. The fraction of sp³-hybridized carbons (Fsp3) is 0.435. The lowest BCUT2D eigenvalue weighted by Crippen LogP contribution is -2.43. The Morgan fingerprint density at radius 3 is 2.71 bits per heavy atom. The molecular formula is C23H28N2O5S. The summed E-state index contributed by atoms with van der Waals surface area (Å²) >= 11 is 1.70. The van der Waals surface area contributed by atoms with Crippen LogP contribution >= 0.6 is 11.3 Å². The van der Waals surface area contributed by atoms with Gasteiger partial charge in [0, 0.05) is 23.5 Å². The van der Waals surface area contributed by atoms with Crippen LogP contribution in [0.3, 0.4) is 0 Å². The van der Waals surface area contributed by atoms with Gasteiger partial charge in [0.1, 0.15) is 12.3 Å². The Morgan fingerprint density at radius 2 is 1.97 bits per heavy atom. The van der Waals surface area contributed by atoms with Gasteiger partial charge in [0.05, 0.1) is 6.61 Å². The Kier molecular flexibility index (Phi) is 8.06. The minimum absolute atomic E-state index is 0.227. The Labute approximate surface area is 186 Å². The van der Waals surface area contributed by atoms with Crippen molar-refractivity contribution < 1.29 is 23.9 Å². The van der Waals surface area contributed by atoms with E-state index in [4.69, 9.17) is 9.47 Å². The summed E-state index contributed by atoms with van der Waals surface area (Å²) in [6.45, 7) is 5.13. The van der Waals surface area contributed by atoms with Crippen LogP contribution in [0.25, 0.3) is 0 Å². The average molecular weight is 445 g/mol. The Balaban J connectivity index is 1.42. The highest BCUT2D eigenvalue weighted by Crippen LogP contribution is 2.24. The second-order valence-corrected chi connectivity index (χ2v) is 8.42. The predicted octanol–water partition coefficient (Wildman–Crippen LogP) is 3.17. The van der Waals surface area contributed by atoms with Crippen LogP contribution in [0.15, 0.2) is 35.7 Å². The molecule has 2 amide bonds. The molecule has 1 aliphatic rings. The van der Waals surface area contributed by atoms with E-state index in [-0.39, 0.29) is 12.5 Å². The number of ether oxygens (including phenoxy) is 2. The van der Waals surface area contributed by atoms with Crippen LogP contribution in [0.1, 0.15) is 47.5 Å². The SMILES string of the molecule is CCCCOc1ccc(C(=O)NCC(=O)OC(C)C(=O)N2CCc3sccc3C2)cc1. The smallest absolute Gasteiger partial charge is 0.326 e. The molecule has 0 aliphatic carbocycles. The maximum Gasteiger partial charge on any atom is 0.326 e. The van der Waals surface area contributed by atoms with Crippen molar-refractivity contribution in [2.24, 2.45) is 0 Å². The van der Waals surface area contributed by atoms with E-state index in [1.165, 1.54) is 4.88 Å². The van der Waals surface area contributed by atoms with Crippen molar-refractivity contribution in [2.45, 2.75) is 45.8 Å². The monoisotopic (exact) mass is 444 g/mol. The van der Waals surface area contributed by atoms with E-state index in [0.29, 0.717) is 31.0 Å². The molecule has 0 radical (unpaired) electrons. The number of carbonyl (C=O) groups is 3. The summed E-state index contributed by atoms with van der Waals surface area (Å²) in [5.41, 5.74) is 1.57. The summed E-state index contributed by atoms with van der Waals surface area (Å²) < 4.78 is 10.8. The molecule has 0 fully saturated rings. The van der Waals surface area contributed by atoms with Crippen LogP contribution in [0.4, 0.5) is 0 Å². The molecule has 0 saturated carbocycles. The zero-order valence-electron chi connectivity index (χ0n) is 17.9. The largest absolute Gasteiger partial charge is 0.494 e. The molecule has 0 spiro atoms. The number of esters is 1. The van der Waals surface area contributed by atoms with Gasteiger partial charge in [-0.3, -0.25) is 14.4 Å². The number of unbranched alkanes of at least 4 members (excludes halogenated alkanes) is 1. The Hall–Kier alpha value is -2.87. The maximum absolute atomic E-state index is 12.6. The van der Waals surface area contributed by atoms with E-state index in [1.54, 1.807) is 47.4 Å². The number of nitrogens with one attached hydrogen (secondary N) is 1. The number of fused-ring (bicyclic) bond motifs is 1. The van der Waals surface area contributed by atoms with Crippen molar-refractivity contribution in [1.82, 2.24) is 10.2 Å². The summed E-state index contributed by atoms with van der Waals surface area (Å²) in [5.74, 6) is -0.571. The molecule has 3 rings (SSSR count). The molecule has 166 valence electrons. The summed E-state index contributed by atoms with van der Waals surface area (Å²) in [6, 6.07) is 8.75. The Bertz CT molecular complexity index is 909. The van der Waals surface area contributed by atoms with E-state index in [2.05, 4.69) is 12.2 Å². The third-order valence-electron chi connectivity index (χ3n) is 5.05. The van der Waals surface area contributed by atoms with Gasteiger partial charge in [-0.15, -0.1) is 11.3 Å². The second kappa shape index (κ2) is 10.9. The number of nitrogens with zero attached hydrogens (tertiary/aromatic N) is 1. The van der Waals surface area contributed by atoms with Crippen LogP contribution in [0.2, 0.25) is 0 Å². The number of benzene rings is 1. The molecule has 1 aliphatic heterocycles. The first-order valence-electron chi connectivity index (χ1n) is 10.5. The van der Waals surface area contributed by atoms with Crippen LogP contribution in [-0.4, -0.2) is 48.5 Å². The van der Waals surface area contributed by atoms with E-state index >= 15 is 0 Å². The highest BCUT2D eigenvalue weighted by Gasteiger charge is 2.27. The summed E-state index contributed by atoms with van der Waals surface area (Å²) in [6.07, 6.45) is 1.94. The quantitative estimate of drug-likeness (QED) is 0.474. The predicted molar refractivity (Wildman–Crippen MR) is 118 cm³/mol. The van der Waals surface area contributed by atoms with E-state index in [1.807, 2.05) is 11.4 Å². The molecule has 31 heavy (non-hydrogen) atoms. The van der Waals surface area contributed by atoms with E-state index in [9.17, 15) is 14.4 Å². The van der Waals surface area contributed by atoms with Crippen LogP contribution in [0, 0.1) is 0 Å². The molecule has 1 aromatic heterocycles. The van der Waals surface area contributed by atoms with Crippen molar-refractivity contribution in [3.63, 3.8) is 0 Å². The average Bonchev–Trinajstić information content (AvgIpc) is 3.25. The molecule has 7 nitrogen and oxygen atoms in total. The van der Waals surface area contributed by atoms with Crippen molar-refractivity contribution in [2.75, 3.05) is 19.7 Å². The highest BCUT2D eigenvalue weighted by molar-refractivity contribution is 7.10. The number of rotatable bonds is 9. The molecule has 2 heterocycles. The topological polar surface area (TPSA) is 84.9 Å². The van der Waals surface area contributed by atoms with E-state index in [0.717, 1.165) is 24.8 Å². The van der Waals surface area contributed by atoms with E-state index < -0.39 is 18.0 Å². The lowest BCUT2D eigenvalue weighted by molar-refractivity contribution is -0.158. The number of amides is 2. The van der Waals surface area contributed by atoms with Gasteiger partial charge in [0.15, 0.2) is 6.10 Å². The maximum atomic E-state index is 12.6. The fourth-order valence-corrected chi connectivity index (χ4v) is 4.16. The molecule has 2 aromatic rings. The van der Waals surface area contributed by atoms with Crippen LogP contribution in [0.5, 0.6) is 5.75 Å². The first-order chi connectivity index (χ1) is 15.0. The Morgan fingerprint density at radius 1 is 1.19 bits per heavy atom. The molecule has 1 aromatic carbocycles. The standard InChI is InChI=1S/C23H28N2O5S/c1-3-4-12-29-19-7-5-17(6-8-19)22(27)24-14-21(26)30-16(2)23(28)25-11-9-20-18(15-25)10-13-31-20/h5-8,10,13,16H,3-4,9,11-12,14-15H2,1-2H3,(H,24,27). The van der Waals surface area contributed by atoms with Gasteiger partial charge < -0.3 is 19.7 Å². The van der Waals surface area contributed by atoms with Crippen molar-refractivity contribution >= 4 is 29.1 Å². The third-order valence-corrected chi connectivity index (χ3v) is 6.07. The van der Waals surface area contributed by atoms with Gasteiger partial charge in [-0.2, -0.15) is 0 Å². The minimum atomic E-state index is -0.899. The normalized spacial score (nSPS) is 13.8. The van der Waals surface area contributed by atoms with Gasteiger partial charge in [0.25, 0.3) is 11.8 Å². The van der Waals surface area contributed by atoms with Crippen molar-refractivity contribution in [3.8, 4) is 5.75 Å². The first kappa shape index (κ1) is 22.8. The van der Waals surface area contributed by atoms with Crippen LogP contribution < -0.4 is 10.1 Å². The highest BCUT2D eigenvalue weighted by atomic mass is 32.1. The number of thiophene rings is 1. The van der Waals surface area contributed by atoms with Gasteiger partial charge in [-0.1, -0.05) is 13.3 Å². The summed E-state index contributed by atoms with van der Waals surface area (Å²) in [7, 11) is 0. The third kappa shape index (κ3) is 6.30. The first-order valence-corrected chi connectivity index (χ1v) is 11.4. The zero-order chi connectivity index (χ0) is 22.2. The fourth-order valence-electron chi connectivity index (χ4n) is 3.27. The van der Waals surface area contributed by atoms with Gasteiger partial charge >= 0.3 is 5.97 Å². The van der Waals surface area contributed by atoms with Crippen molar-refractivity contribution in [3.05, 3.63) is 51.7 Å². The molecule has 0 bridgehead atoms. The van der Waals surface area contributed by atoms with Gasteiger partial charge in [0.2, 0.25) is 0 Å². The number of carbonyl (C=O) groups excluding carboxylic acids is 3. The van der Waals surface area contributed by atoms with Crippen LogP contribution in [-0.2, 0) is 27.3 Å². The molecular weight excluding hydrogens is 416 g/mol. The zero-order valence-corrected chi connectivity index (χ0v) is 18.7. The second-order valence-electron chi connectivity index (χ2n) is 7.42. The van der Waals surface area contributed by atoms with Gasteiger partial charge in [-0.25, -0.2) is 0 Å². The molecule has 8 heteroatoms. The number of hydrogen-bond acceptors (Lipinski definition) is 6.